The first kappa shape index (κ1) is 6.85. The molecule has 0 atom stereocenters. The molecule has 58 valence electrons. The van der Waals surface area contributed by atoms with Crippen LogP contribution >= 0.6 is 11.5 Å². The molecule has 0 aliphatic heterocycles. The van der Waals surface area contributed by atoms with Crippen molar-refractivity contribution in [3.8, 4) is 0 Å². The van der Waals surface area contributed by atoms with Crippen LogP contribution in [-0.2, 0) is 0 Å². The van der Waals surface area contributed by atoms with Gasteiger partial charge in [-0.05, 0) is 12.0 Å². The molecule has 11 heavy (non-hydrogen) atoms. The highest BCUT2D eigenvalue weighted by Crippen LogP contribution is 2.22. The van der Waals surface area contributed by atoms with Crippen molar-refractivity contribution in [2.45, 2.75) is 19.8 Å². The van der Waals surface area contributed by atoms with Crippen LogP contribution in [-0.4, -0.2) is 8.77 Å². The number of hydrogen-bond acceptors (Lipinski definition) is 2. The molecule has 0 unspecified atom stereocenters. The van der Waals surface area contributed by atoms with E-state index in [1.54, 1.807) is 11.5 Å². The second-order valence-corrected chi connectivity index (χ2v) is 3.95. The lowest BCUT2D eigenvalue weighted by Crippen LogP contribution is -1.78. The van der Waals surface area contributed by atoms with Crippen LogP contribution in [0.2, 0.25) is 0 Å². The van der Waals surface area contributed by atoms with Crippen LogP contribution in [0, 0.1) is 0 Å². The Bertz CT molecular complexity index is 330. The van der Waals surface area contributed by atoms with Gasteiger partial charge in [-0.15, -0.1) is 0 Å². The summed E-state index contributed by atoms with van der Waals surface area (Å²) >= 11 is 1.77. The van der Waals surface area contributed by atoms with Crippen LogP contribution in [0.3, 0.4) is 0 Å². The summed E-state index contributed by atoms with van der Waals surface area (Å²) in [5, 5.41) is 0. The summed E-state index contributed by atoms with van der Waals surface area (Å²) in [7, 11) is 0. The smallest absolute Gasteiger partial charge is 0.147 e. The van der Waals surface area contributed by atoms with Gasteiger partial charge in [0.25, 0.3) is 0 Å². The highest BCUT2D eigenvalue weighted by Gasteiger charge is 2.04. The molecule has 0 radical (unpaired) electrons. The fraction of sp³-hybridized carbons (Fsp3) is 0.375. The maximum Gasteiger partial charge on any atom is 0.147 e. The summed E-state index contributed by atoms with van der Waals surface area (Å²) < 4.78 is 2.09. The summed E-state index contributed by atoms with van der Waals surface area (Å²) in [6, 6.07) is 2.15. The number of nitrogens with zero attached hydrogens (tertiary/aromatic N) is 2. The predicted octanol–water partition coefficient (Wildman–Crippen LogP) is 2.52. The van der Waals surface area contributed by atoms with Gasteiger partial charge in [0, 0.05) is 17.3 Å². The molecular weight excluding hydrogens is 156 g/mol. The molecule has 2 nitrogen and oxygen atoms in total. The zero-order chi connectivity index (χ0) is 7.84. The van der Waals surface area contributed by atoms with Gasteiger partial charge < -0.3 is 0 Å². The molecule has 0 N–H and O–H groups in total. The molecular formula is C8H10N2S. The maximum absolute atomic E-state index is 4.20. The third kappa shape index (κ3) is 1.05. The van der Waals surface area contributed by atoms with Crippen molar-refractivity contribution >= 4 is 17.2 Å². The molecule has 0 aliphatic carbocycles. The Morgan fingerprint density at radius 2 is 2.36 bits per heavy atom. The van der Waals surface area contributed by atoms with Crippen LogP contribution in [0.4, 0.5) is 0 Å². The second-order valence-electron chi connectivity index (χ2n) is 2.90. The van der Waals surface area contributed by atoms with Crippen LogP contribution in [0.1, 0.15) is 24.6 Å². The Balaban J connectivity index is 2.58. The van der Waals surface area contributed by atoms with Crippen LogP contribution in [0.25, 0.3) is 5.65 Å². The Kier molecular flexibility index (Phi) is 1.46. The summed E-state index contributed by atoms with van der Waals surface area (Å²) in [4.78, 5) is 5.59. The van der Waals surface area contributed by atoms with Gasteiger partial charge in [-0.25, -0.2) is 4.98 Å². The van der Waals surface area contributed by atoms with Crippen molar-refractivity contribution in [2.24, 2.45) is 0 Å². The standard InChI is InChI=1S/C8H10N2S/c1-6(2)7-5-8-9-3-4-10(8)11-7/h3-6H,1-2H3. The minimum Gasteiger partial charge on any atom is -0.255 e. The van der Waals surface area contributed by atoms with Crippen molar-refractivity contribution in [1.82, 2.24) is 8.77 Å². The van der Waals surface area contributed by atoms with E-state index in [0.29, 0.717) is 5.92 Å². The third-order valence-electron chi connectivity index (χ3n) is 1.68. The van der Waals surface area contributed by atoms with Gasteiger partial charge >= 0.3 is 0 Å². The number of rotatable bonds is 1. The van der Waals surface area contributed by atoms with Gasteiger partial charge in [-0.1, -0.05) is 25.4 Å². The van der Waals surface area contributed by atoms with Crippen LogP contribution in [0.15, 0.2) is 18.5 Å². The van der Waals surface area contributed by atoms with E-state index in [9.17, 15) is 0 Å². The predicted molar refractivity (Wildman–Crippen MR) is 47.2 cm³/mol. The van der Waals surface area contributed by atoms with Crippen molar-refractivity contribution in [2.75, 3.05) is 0 Å². The lowest BCUT2D eigenvalue weighted by molar-refractivity contribution is 0.890. The van der Waals surface area contributed by atoms with Crippen molar-refractivity contribution in [3.63, 3.8) is 0 Å². The van der Waals surface area contributed by atoms with Crippen molar-refractivity contribution < 1.29 is 0 Å². The molecule has 2 rings (SSSR count). The van der Waals surface area contributed by atoms with Gasteiger partial charge in [0.2, 0.25) is 0 Å². The normalized spacial score (nSPS) is 11.5. The molecule has 0 saturated carbocycles. The van der Waals surface area contributed by atoms with E-state index >= 15 is 0 Å². The maximum atomic E-state index is 4.20. The van der Waals surface area contributed by atoms with Crippen molar-refractivity contribution in [3.05, 3.63) is 23.3 Å². The monoisotopic (exact) mass is 166 g/mol. The highest BCUT2D eigenvalue weighted by atomic mass is 32.1. The van der Waals surface area contributed by atoms with E-state index in [-0.39, 0.29) is 0 Å². The number of imidazole rings is 1. The molecule has 0 fully saturated rings. The number of aromatic nitrogens is 2. The molecule has 0 aliphatic rings. The summed E-state index contributed by atoms with van der Waals surface area (Å²) in [5.41, 5.74) is 1.07. The third-order valence-corrected chi connectivity index (χ3v) is 2.98. The molecule has 0 aromatic carbocycles. The van der Waals surface area contributed by atoms with Crippen LogP contribution < -0.4 is 0 Å². The zero-order valence-corrected chi connectivity index (χ0v) is 7.43. The molecule has 2 aromatic rings. The van der Waals surface area contributed by atoms with Gasteiger partial charge in [0.15, 0.2) is 0 Å². The largest absolute Gasteiger partial charge is 0.255 e. The molecule has 2 heterocycles. The minimum absolute atomic E-state index is 0.613. The first-order chi connectivity index (χ1) is 5.27. The summed E-state index contributed by atoms with van der Waals surface area (Å²) in [6.45, 7) is 4.40. The van der Waals surface area contributed by atoms with Gasteiger partial charge in [-0.2, -0.15) is 0 Å². The lowest BCUT2D eigenvalue weighted by atomic mass is 10.2. The van der Waals surface area contributed by atoms with Gasteiger partial charge in [-0.3, -0.25) is 3.79 Å². The first-order valence-corrected chi connectivity index (χ1v) is 4.48. The summed E-state index contributed by atoms with van der Waals surface area (Å²) in [5.74, 6) is 0.613. The lowest BCUT2D eigenvalue weighted by Gasteiger charge is -1.95. The fourth-order valence-electron chi connectivity index (χ4n) is 1.02. The minimum atomic E-state index is 0.613. The molecule has 0 amide bonds. The van der Waals surface area contributed by atoms with E-state index in [4.69, 9.17) is 0 Å². The average Bonchev–Trinajstić information content (AvgIpc) is 2.40. The molecule has 2 aromatic heterocycles. The quantitative estimate of drug-likeness (QED) is 0.636. The van der Waals surface area contributed by atoms with E-state index in [0.717, 1.165) is 5.65 Å². The number of fused-ring (bicyclic) bond motifs is 1. The van der Waals surface area contributed by atoms with Crippen molar-refractivity contribution in [1.29, 1.82) is 0 Å². The Hall–Kier alpha value is -0.830. The SMILES string of the molecule is CC(C)c1cc2nccn2s1. The zero-order valence-electron chi connectivity index (χ0n) is 6.61. The fourth-order valence-corrected chi connectivity index (χ4v) is 1.93. The molecule has 0 saturated heterocycles. The number of hydrogen-bond donors (Lipinski definition) is 0. The molecule has 0 spiro atoms. The van der Waals surface area contributed by atoms with E-state index in [1.165, 1.54) is 4.88 Å². The van der Waals surface area contributed by atoms with Crippen LogP contribution in [0.5, 0.6) is 0 Å². The molecule has 3 heteroatoms. The topological polar surface area (TPSA) is 17.3 Å². The van der Waals surface area contributed by atoms with E-state index in [1.807, 2.05) is 12.4 Å². The van der Waals surface area contributed by atoms with Gasteiger partial charge in [0.1, 0.15) is 5.65 Å². The second kappa shape index (κ2) is 2.34. The Morgan fingerprint density at radius 3 is 3.00 bits per heavy atom. The Morgan fingerprint density at radius 1 is 1.55 bits per heavy atom. The molecule has 0 bridgehead atoms. The first-order valence-electron chi connectivity index (χ1n) is 3.70. The Labute approximate surface area is 69.6 Å². The van der Waals surface area contributed by atoms with Gasteiger partial charge in [0.05, 0.1) is 0 Å². The highest BCUT2D eigenvalue weighted by molar-refractivity contribution is 7.06. The average molecular weight is 166 g/mol. The summed E-state index contributed by atoms with van der Waals surface area (Å²) in [6.07, 6.45) is 3.82. The van der Waals surface area contributed by atoms with E-state index in [2.05, 4.69) is 28.7 Å². The van der Waals surface area contributed by atoms with E-state index < -0.39 is 0 Å².